The Balaban J connectivity index is 1.87. The number of halogens is 1. The highest BCUT2D eigenvalue weighted by Crippen LogP contribution is 2.16. The van der Waals surface area contributed by atoms with Crippen molar-refractivity contribution in [1.82, 2.24) is 13.7 Å². The number of hydrogen-bond donors (Lipinski definition) is 1. The van der Waals surface area contributed by atoms with Crippen LogP contribution in [0.15, 0.2) is 64.2 Å². The van der Waals surface area contributed by atoms with Crippen molar-refractivity contribution in [2.24, 2.45) is 7.05 Å². The van der Waals surface area contributed by atoms with Crippen LogP contribution in [0.5, 0.6) is 0 Å². The van der Waals surface area contributed by atoms with Gasteiger partial charge in [0.15, 0.2) is 0 Å². The predicted molar refractivity (Wildman–Crippen MR) is 117 cm³/mol. The second-order valence-corrected chi connectivity index (χ2v) is 7.48. The molecular weight excluding hydrogens is 399 g/mol. The zero-order valence-corrected chi connectivity index (χ0v) is 17.3. The minimum absolute atomic E-state index is 0.283. The van der Waals surface area contributed by atoms with Gasteiger partial charge in [-0.25, -0.2) is 13.8 Å². The smallest absolute Gasteiger partial charge is 0.336 e. The van der Waals surface area contributed by atoms with E-state index in [1.165, 1.54) is 22.8 Å². The van der Waals surface area contributed by atoms with E-state index in [2.05, 4.69) is 5.32 Å². The molecule has 0 radical (unpaired) electrons. The number of benzene rings is 2. The largest absolute Gasteiger partial charge is 0.342 e. The maximum Gasteiger partial charge on any atom is 0.336 e. The van der Waals surface area contributed by atoms with Crippen molar-refractivity contribution in [2.75, 3.05) is 5.32 Å². The fourth-order valence-corrected chi connectivity index (χ4v) is 3.57. The van der Waals surface area contributed by atoms with E-state index in [0.29, 0.717) is 16.7 Å². The van der Waals surface area contributed by atoms with Gasteiger partial charge in [-0.15, -0.1) is 0 Å². The number of carbonyl (C=O) groups is 1. The molecule has 158 valence electrons. The molecule has 8 heteroatoms. The van der Waals surface area contributed by atoms with Gasteiger partial charge in [0.25, 0.3) is 5.56 Å². The average molecular weight is 420 g/mol. The number of aromatic nitrogens is 3. The zero-order valence-electron chi connectivity index (χ0n) is 17.3. The summed E-state index contributed by atoms with van der Waals surface area (Å²) in [7, 11) is 1.74. The van der Waals surface area contributed by atoms with Gasteiger partial charge in [-0.2, -0.15) is 0 Å². The molecule has 2 aromatic heterocycles. The van der Waals surface area contributed by atoms with Crippen molar-refractivity contribution < 1.29 is 9.18 Å². The minimum atomic E-state index is -0.624. The van der Waals surface area contributed by atoms with Gasteiger partial charge in [0, 0.05) is 18.4 Å². The second-order valence-electron chi connectivity index (χ2n) is 7.48. The molecule has 31 heavy (non-hydrogen) atoms. The third-order valence-corrected chi connectivity index (χ3v) is 5.27. The van der Waals surface area contributed by atoms with Gasteiger partial charge < -0.3 is 9.88 Å². The summed E-state index contributed by atoms with van der Waals surface area (Å²) >= 11 is 0. The van der Waals surface area contributed by atoms with Gasteiger partial charge in [-0.05, 0) is 50.2 Å². The molecule has 4 aromatic rings. The molecule has 0 bridgehead atoms. The Morgan fingerprint density at radius 1 is 1.03 bits per heavy atom. The maximum absolute atomic E-state index is 13.4. The number of aryl methyl sites for hydroxylation is 3. The standard InChI is InChI=1S/C23H21FN4O3/c1-14-7-9-18(10-8-14)28-22(30)21-19(11-15(2)26(21)3)27(23(28)31)13-20(29)25-17-6-4-5-16(24)12-17/h4-12H,13H2,1-3H3,(H,25,29). The summed E-state index contributed by atoms with van der Waals surface area (Å²) in [6.45, 7) is 3.39. The van der Waals surface area contributed by atoms with E-state index in [0.717, 1.165) is 15.8 Å². The van der Waals surface area contributed by atoms with Crippen molar-refractivity contribution in [3.8, 4) is 5.69 Å². The van der Waals surface area contributed by atoms with E-state index in [1.807, 2.05) is 26.0 Å². The lowest BCUT2D eigenvalue weighted by Gasteiger charge is -2.13. The Bertz CT molecular complexity index is 1430. The van der Waals surface area contributed by atoms with Gasteiger partial charge in [0.05, 0.1) is 11.2 Å². The number of fused-ring (bicyclic) bond motifs is 1. The van der Waals surface area contributed by atoms with Crippen LogP contribution in [0.1, 0.15) is 11.3 Å². The summed E-state index contributed by atoms with van der Waals surface area (Å²) in [5, 5.41) is 2.59. The van der Waals surface area contributed by atoms with Gasteiger partial charge in [-0.3, -0.25) is 14.2 Å². The highest BCUT2D eigenvalue weighted by atomic mass is 19.1. The van der Waals surface area contributed by atoms with Gasteiger partial charge >= 0.3 is 5.69 Å². The fourth-order valence-electron chi connectivity index (χ4n) is 3.57. The van der Waals surface area contributed by atoms with E-state index in [1.54, 1.807) is 35.9 Å². The molecule has 2 heterocycles. The Kier molecular flexibility index (Phi) is 5.06. The third-order valence-electron chi connectivity index (χ3n) is 5.27. The summed E-state index contributed by atoms with van der Waals surface area (Å²) in [5.74, 6) is -0.992. The Morgan fingerprint density at radius 3 is 2.42 bits per heavy atom. The minimum Gasteiger partial charge on any atom is -0.342 e. The number of hydrogen-bond acceptors (Lipinski definition) is 3. The lowest BCUT2D eigenvalue weighted by atomic mass is 10.2. The van der Waals surface area contributed by atoms with Gasteiger partial charge in [0.1, 0.15) is 17.9 Å². The molecule has 1 N–H and O–H groups in total. The molecule has 7 nitrogen and oxygen atoms in total. The van der Waals surface area contributed by atoms with Crippen LogP contribution in [-0.2, 0) is 18.4 Å². The van der Waals surface area contributed by atoms with E-state index in [-0.39, 0.29) is 12.2 Å². The quantitative estimate of drug-likeness (QED) is 0.552. The summed E-state index contributed by atoms with van der Waals surface area (Å²) < 4.78 is 17.5. The number of carbonyl (C=O) groups excluding carboxylic acids is 1. The van der Waals surface area contributed by atoms with E-state index < -0.39 is 23.0 Å². The number of nitrogens with one attached hydrogen (secondary N) is 1. The van der Waals surface area contributed by atoms with Crippen molar-refractivity contribution >= 4 is 22.6 Å². The van der Waals surface area contributed by atoms with E-state index in [4.69, 9.17) is 0 Å². The molecule has 0 saturated carbocycles. The molecule has 0 unspecified atom stereocenters. The number of amides is 1. The Morgan fingerprint density at radius 2 is 1.74 bits per heavy atom. The fraction of sp³-hybridized carbons (Fsp3) is 0.174. The van der Waals surface area contributed by atoms with E-state index >= 15 is 0 Å². The van der Waals surface area contributed by atoms with Crippen molar-refractivity contribution in [3.63, 3.8) is 0 Å². The van der Waals surface area contributed by atoms with Crippen LogP contribution in [-0.4, -0.2) is 19.6 Å². The van der Waals surface area contributed by atoms with Crippen LogP contribution in [0, 0.1) is 19.7 Å². The third kappa shape index (κ3) is 3.68. The summed E-state index contributed by atoms with van der Waals surface area (Å²) in [4.78, 5) is 39.2. The monoisotopic (exact) mass is 420 g/mol. The lowest BCUT2D eigenvalue weighted by molar-refractivity contribution is -0.116. The first-order chi connectivity index (χ1) is 14.8. The first-order valence-corrected chi connectivity index (χ1v) is 9.70. The predicted octanol–water partition coefficient (Wildman–Crippen LogP) is 2.89. The SMILES string of the molecule is Cc1ccc(-n2c(=O)c3c(cc(C)n3C)n(CC(=O)Nc3cccc(F)c3)c2=O)cc1. The molecule has 4 rings (SSSR count). The maximum atomic E-state index is 13.4. The molecule has 0 saturated heterocycles. The van der Waals surface area contributed by atoms with Crippen LogP contribution >= 0.6 is 0 Å². The number of nitrogens with zero attached hydrogens (tertiary/aromatic N) is 3. The van der Waals surface area contributed by atoms with Crippen molar-refractivity contribution in [1.29, 1.82) is 0 Å². The summed E-state index contributed by atoms with van der Waals surface area (Å²) in [6.07, 6.45) is 0. The zero-order chi connectivity index (χ0) is 22.3. The first kappa shape index (κ1) is 20.3. The molecule has 0 aliphatic heterocycles. The molecular formula is C23H21FN4O3. The van der Waals surface area contributed by atoms with Crippen LogP contribution in [0.4, 0.5) is 10.1 Å². The highest BCUT2D eigenvalue weighted by Gasteiger charge is 2.20. The lowest BCUT2D eigenvalue weighted by Crippen LogP contribution is -2.41. The summed E-state index contributed by atoms with van der Waals surface area (Å²) in [5.41, 5.74) is 2.06. The molecule has 2 aromatic carbocycles. The van der Waals surface area contributed by atoms with Gasteiger partial charge in [0.2, 0.25) is 5.91 Å². The van der Waals surface area contributed by atoms with Crippen LogP contribution in [0.2, 0.25) is 0 Å². The van der Waals surface area contributed by atoms with Crippen molar-refractivity contribution in [2.45, 2.75) is 20.4 Å². The molecule has 0 aliphatic carbocycles. The van der Waals surface area contributed by atoms with Crippen LogP contribution < -0.4 is 16.6 Å². The second kappa shape index (κ2) is 7.71. The number of rotatable bonds is 4. The average Bonchev–Trinajstić information content (AvgIpc) is 3.01. The molecule has 0 spiro atoms. The molecule has 0 aliphatic rings. The van der Waals surface area contributed by atoms with E-state index in [9.17, 15) is 18.8 Å². The number of anilines is 1. The molecule has 0 fully saturated rings. The first-order valence-electron chi connectivity index (χ1n) is 9.70. The highest BCUT2D eigenvalue weighted by molar-refractivity contribution is 5.91. The molecule has 1 amide bonds. The Labute approximate surface area is 177 Å². The van der Waals surface area contributed by atoms with Gasteiger partial charge in [-0.1, -0.05) is 23.8 Å². The van der Waals surface area contributed by atoms with Crippen molar-refractivity contribution in [3.05, 3.63) is 92.5 Å². The Hall–Kier alpha value is -3.94. The normalized spacial score (nSPS) is 11.1. The van der Waals surface area contributed by atoms with Crippen LogP contribution in [0.3, 0.4) is 0 Å². The molecule has 0 atom stereocenters. The van der Waals surface area contributed by atoms with Crippen LogP contribution in [0.25, 0.3) is 16.7 Å². The topological polar surface area (TPSA) is 78.0 Å². The summed E-state index contributed by atoms with van der Waals surface area (Å²) in [6, 6.07) is 14.2.